The van der Waals surface area contributed by atoms with Crippen LogP contribution in [0.2, 0.25) is 15.1 Å². The van der Waals surface area contributed by atoms with E-state index in [1.54, 1.807) is 12.1 Å². The molecule has 2 aromatic heterocycles. The van der Waals surface area contributed by atoms with Crippen LogP contribution < -0.4 is 15.7 Å². The summed E-state index contributed by atoms with van der Waals surface area (Å²) in [4.78, 5) is 27.9. The molecule has 9 heteroatoms. The first-order valence-electron chi connectivity index (χ1n) is 5.94. The van der Waals surface area contributed by atoms with Crippen molar-refractivity contribution in [3.63, 3.8) is 0 Å². The van der Waals surface area contributed by atoms with Crippen LogP contribution in [-0.2, 0) is 0 Å². The second kappa shape index (κ2) is 5.62. The summed E-state index contributed by atoms with van der Waals surface area (Å²) in [6, 6.07) is 3.15. The zero-order valence-corrected chi connectivity index (χ0v) is 14.0. The number of nitrogens with zero attached hydrogens (tertiary/aromatic N) is 3. The molecule has 0 atom stereocenters. The van der Waals surface area contributed by atoms with Gasteiger partial charge in [-0.2, -0.15) is 14.6 Å². The summed E-state index contributed by atoms with van der Waals surface area (Å²) < 4.78 is 1.38. The van der Waals surface area contributed by atoms with Crippen molar-refractivity contribution in [3.05, 3.63) is 63.7 Å². The standard InChI is InChI=1S/C13H6Cl3N3O2S/c1-5-11(20)17-13-19(18-5)12(21)9(22-13)4-6-7(14)2-3-8(15)10(6)16/h2-4H,1H3. The van der Waals surface area contributed by atoms with Crippen LogP contribution in [0.25, 0.3) is 11.0 Å². The molecular weight excluding hydrogens is 369 g/mol. The van der Waals surface area contributed by atoms with E-state index in [9.17, 15) is 9.59 Å². The molecule has 0 aliphatic carbocycles. The van der Waals surface area contributed by atoms with Crippen LogP contribution in [0.3, 0.4) is 0 Å². The molecular formula is C13H6Cl3N3O2S. The Kier molecular flexibility index (Phi) is 3.94. The number of halogens is 3. The Morgan fingerprint density at radius 1 is 1.18 bits per heavy atom. The monoisotopic (exact) mass is 373 g/mol. The van der Waals surface area contributed by atoms with Gasteiger partial charge in [0.2, 0.25) is 4.96 Å². The van der Waals surface area contributed by atoms with E-state index in [0.29, 0.717) is 20.1 Å². The highest BCUT2D eigenvalue weighted by Crippen LogP contribution is 2.31. The van der Waals surface area contributed by atoms with E-state index in [1.165, 1.54) is 13.0 Å². The summed E-state index contributed by atoms with van der Waals surface area (Å²) in [5, 5.41) is 4.86. The summed E-state index contributed by atoms with van der Waals surface area (Å²) in [6.45, 7) is 1.49. The number of aromatic nitrogens is 3. The van der Waals surface area contributed by atoms with Crippen molar-refractivity contribution in [1.82, 2.24) is 14.6 Å². The van der Waals surface area contributed by atoms with Crippen LogP contribution in [0.15, 0.2) is 21.7 Å². The predicted molar refractivity (Wildman–Crippen MR) is 88.4 cm³/mol. The molecule has 0 amide bonds. The van der Waals surface area contributed by atoms with Crippen molar-refractivity contribution < 1.29 is 0 Å². The zero-order valence-electron chi connectivity index (χ0n) is 10.9. The lowest BCUT2D eigenvalue weighted by Crippen LogP contribution is -2.27. The predicted octanol–water partition coefficient (Wildman–Crippen LogP) is 2.33. The van der Waals surface area contributed by atoms with Crippen molar-refractivity contribution in [1.29, 1.82) is 0 Å². The maximum absolute atomic E-state index is 12.3. The first kappa shape index (κ1) is 15.4. The maximum Gasteiger partial charge on any atom is 0.295 e. The Hall–Kier alpha value is -1.47. The van der Waals surface area contributed by atoms with Gasteiger partial charge in [0.05, 0.1) is 14.6 Å². The van der Waals surface area contributed by atoms with Crippen LogP contribution in [-0.4, -0.2) is 14.6 Å². The van der Waals surface area contributed by atoms with Crippen molar-refractivity contribution in [2.45, 2.75) is 6.92 Å². The summed E-state index contributed by atoms with van der Waals surface area (Å²) in [6.07, 6.45) is 1.51. The summed E-state index contributed by atoms with van der Waals surface area (Å²) in [7, 11) is 0. The molecule has 0 fully saturated rings. The molecule has 0 saturated heterocycles. The summed E-state index contributed by atoms with van der Waals surface area (Å²) >= 11 is 19.2. The normalized spacial score (nSPS) is 12.3. The van der Waals surface area contributed by atoms with Gasteiger partial charge >= 0.3 is 0 Å². The minimum atomic E-state index is -0.466. The van der Waals surface area contributed by atoms with E-state index in [1.807, 2.05) is 0 Å². The third-order valence-electron chi connectivity index (χ3n) is 2.90. The molecule has 0 aliphatic rings. The maximum atomic E-state index is 12.3. The molecule has 3 aromatic rings. The van der Waals surface area contributed by atoms with Gasteiger partial charge in [-0.15, -0.1) is 0 Å². The lowest BCUT2D eigenvalue weighted by molar-refractivity contribution is 0.833. The molecule has 0 unspecified atom stereocenters. The largest absolute Gasteiger partial charge is 0.295 e. The highest BCUT2D eigenvalue weighted by molar-refractivity contribution is 7.15. The van der Waals surface area contributed by atoms with E-state index in [4.69, 9.17) is 34.8 Å². The first-order valence-corrected chi connectivity index (χ1v) is 7.89. The second-order valence-electron chi connectivity index (χ2n) is 4.37. The molecule has 0 saturated carbocycles. The molecule has 2 heterocycles. The van der Waals surface area contributed by atoms with Crippen LogP contribution in [0.5, 0.6) is 0 Å². The van der Waals surface area contributed by atoms with Gasteiger partial charge in [0.15, 0.2) is 0 Å². The Labute approximate surface area is 142 Å². The molecule has 1 aromatic carbocycles. The molecule has 112 valence electrons. The van der Waals surface area contributed by atoms with Crippen LogP contribution >= 0.6 is 46.1 Å². The van der Waals surface area contributed by atoms with E-state index in [0.717, 1.165) is 15.9 Å². The van der Waals surface area contributed by atoms with Gasteiger partial charge in [0, 0.05) is 10.6 Å². The fourth-order valence-corrected chi connectivity index (χ4v) is 3.32. The second-order valence-corrected chi connectivity index (χ2v) is 6.57. The summed E-state index contributed by atoms with van der Waals surface area (Å²) in [5.41, 5.74) is -0.286. The number of rotatable bonds is 1. The fourth-order valence-electron chi connectivity index (χ4n) is 1.79. The van der Waals surface area contributed by atoms with Crippen LogP contribution in [0.1, 0.15) is 11.3 Å². The minimum Gasteiger partial charge on any atom is -0.266 e. The topological polar surface area (TPSA) is 64.3 Å². The number of aryl methyl sites for hydroxylation is 1. The average Bonchev–Trinajstić information content (AvgIpc) is 2.76. The smallest absolute Gasteiger partial charge is 0.266 e. The SMILES string of the molecule is Cc1nn2c(=O)c(=Cc3c(Cl)ccc(Cl)c3Cl)sc2nc1=O. The Morgan fingerprint density at radius 2 is 1.86 bits per heavy atom. The Morgan fingerprint density at radius 3 is 2.59 bits per heavy atom. The highest BCUT2D eigenvalue weighted by Gasteiger charge is 2.11. The lowest BCUT2D eigenvalue weighted by Gasteiger charge is -2.02. The molecule has 0 aliphatic heterocycles. The number of benzene rings is 1. The van der Waals surface area contributed by atoms with Gasteiger partial charge < -0.3 is 0 Å². The van der Waals surface area contributed by atoms with Gasteiger partial charge in [0.1, 0.15) is 5.69 Å². The molecule has 0 spiro atoms. The Balaban J connectivity index is 2.37. The van der Waals surface area contributed by atoms with E-state index >= 15 is 0 Å². The van der Waals surface area contributed by atoms with Crippen molar-refractivity contribution in [3.8, 4) is 0 Å². The van der Waals surface area contributed by atoms with Crippen molar-refractivity contribution in [2.24, 2.45) is 0 Å². The van der Waals surface area contributed by atoms with Gasteiger partial charge in [-0.3, -0.25) is 9.59 Å². The van der Waals surface area contributed by atoms with Crippen molar-refractivity contribution >= 4 is 57.2 Å². The van der Waals surface area contributed by atoms with Gasteiger partial charge in [-0.25, -0.2) is 0 Å². The molecule has 3 rings (SSSR count). The number of fused-ring (bicyclic) bond motifs is 1. The zero-order chi connectivity index (χ0) is 16.0. The number of thiazole rings is 1. The van der Waals surface area contributed by atoms with Crippen molar-refractivity contribution in [2.75, 3.05) is 0 Å². The third-order valence-corrected chi connectivity index (χ3v) is 5.00. The van der Waals surface area contributed by atoms with E-state index < -0.39 is 11.1 Å². The number of hydrogen-bond donors (Lipinski definition) is 0. The van der Waals surface area contributed by atoms with E-state index in [-0.39, 0.29) is 15.7 Å². The quantitative estimate of drug-likeness (QED) is 0.613. The molecule has 0 bridgehead atoms. The first-order chi connectivity index (χ1) is 10.4. The summed E-state index contributed by atoms with van der Waals surface area (Å²) in [5.74, 6) is 0. The molecule has 5 nitrogen and oxygen atoms in total. The molecule has 22 heavy (non-hydrogen) atoms. The minimum absolute atomic E-state index is 0.151. The molecule has 0 N–H and O–H groups in total. The highest BCUT2D eigenvalue weighted by atomic mass is 35.5. The number of hydrogen-bond acceptors (Lipinski definition) is 5. The van der Waals surface area contributed by atoms with Gasteiger partial charge in [0.25, 0.3) is 11.1 Å². The third kappa shape index (κ3) is 2.52. The van der Waals surface area contributed by atoms with Crippen LogP contribution in [0, 0.1) is 6.92 Å². The van der Waals surface area contributed by atoms with Gasteiger partial charge in [-0.05, 0) is 25.1 Å². The van der Waals surface area contributed by atoms with E-state index in [2.05, 4.69) is 10.1 Å². The van der Waals surface area contributed by atoms with Crippen LogP contribution in [0.4, 0.5) is 0 Å². The average molecular weight is 375 g/mol. The molecule has 0 radical (unpaired) electrons. The fraction of sp³-hybridized carbons (Fsp3) is 0.0769. The lowest BCUT2D eigenvalue weighted by atomic mass is 10.2. The van der Waals surface area contributed by atoms with Gasteiger partial charge in [-0.1, -0.05) is 46.1 Å². The Bertz CT molecular complexity index is 1070.